The fraction of sp³-hybridized carbons (Fsp3) is 0.500. The lowest BCUT2D eigenvalue weighted by atomic mass is 9.97. The molecule has 2 N–H and O–H groups in total. The van der Waals surface area contributed by atoms with Gasteiger partial charge < -0.3 is 10.5 Å². The number of nitrogens with zero attached hydrogens (tertiary/aromatic N) is 4. The fourth-order valence-corrected chi connectivity index (χ4v) is 2.88. The molecule has 0 radical (unpaired) electrons. The Morgan fingerprint density at radius 1 is 1.60 bits per heavy atom. The van der Waals surface area contributed by atoms with Gasteiger partial charge in [-0.05, 0) is 31.4 Å². The average Bonchev–Trinajstić information content (AvgIpc) is 3.05. The lowest BCUT2D eigenvalue weighted by molar-refractivity contribution is -0.0128. The van der Waals surface area contributed by atoms with Crippen LogP contribution in [-0.2, 0) is 10.3 Å². The van der Waals surface area contributed by atoms with E-state index in [0.717, 1.165) is 25.0 Å². The molecule has 0 aliphatic carbocycles. The van der Waals surface area contributed by atoms with Gasteiger partial charge in [0.05, 0.1) is 11.8 Å². The first-order chi connectivity index (χ1) is 9.70. The van der Waals surface area contributed by atoms with Gasteiger partial charge in [0.1, 0.15) is 17.9 Å². The fourth-order valence-electron chi connectivity index (χ4n) is 2.88. The van der Waals surface area contributed by atoms with Crippen LogP contribution in [0.25, 0.3) is 5.52 Å². The van der Waals surface area contributed by atoms with Crippen molar-refractivity contribution in [3.05, 3.63) is 24.2 Å². The molecule has 1 aliphatic heterocycles. The Balaban J connectivity index is 2.05. The van der Waals surface area contributed by atoms with Crippen molar-refractivity contribution in [2.75, 3.05) is 5.73 Å². The second-order valence-corrected chi connectivity index (χ2v) is 5.17. The summed E-state index contributed by atoms with van der Waals surface area (Å²) in [5, 5.41) is 13.8. The first-order valence-electron chi connectivity index (χ1n) is 6.88. The van der Waals surface area contributed by atoms with E-state index < -0.39 is 5.60 Å². The third-order valence-electron chi connectivity index (χ3n) is 3.87. The quantitative estimate of drug-likeness (QED) is 0.922. The highest BCUT2D eigenvalue weighted by Crippen LogP contribution is 2.40. The number of hydrogen-bond donors (Lipinski definition) is 1. The first kappa shape index (κ1) is 12.9. The van der Waals surface area contributed by atoms with E-state index in [2.05, 4.69) is 23.1 Å². The van der Waals surface area contributed by atoms with Crippen molar-refractivity contribution in [1.82, 2.24) is 14.6 Å². The molecule has 0 spiro atoms. The number of nitrogens with two attached hydrogens (primary N) is 1. The van der Waals surface area contributed by atoms with Crippen molar-refractivity contribution in [1.29, 1.82) is 5.26 Å². The average molecular weight is 271 g/mol. The first-order valence-corrected chi connectivity index (χ1v) is 6.88. The molecule has 1 fully saturated rings. The molecule has 2 aromatic heterocycles. The highest BCUT2D eigenvalue weighted by molar-refractivity contribution is 5.65. The summed E-state index contributed by atoms with van der Waals surface area (Å²) in [5.41, 5.74) is 6.36. The van der Waals surface area contributed by atoms with Crippen LogP contribution >= 0.6 is 0 Å². The summed E-state index contributed by atoms with van der Waals surface area (Å²) in [6.45, 7) is 2.12. The third kappa shape index (κ3) is 1.82. The van der Waals surface area contributed by atoms with E-state index in [1.807, 2.05) is 12.1 Å². The standard InChI is InChI=1S/C14H17N5O/c1-2-3-10-6-7-14(8-15,20-10)12-5-4-11-13(16)17-9-18-19(11)12/h4-5,9-10H,2-3,6-7H2,1H3,(H2,16,17,18)/t10-,14+/m1/s1. The monoisotopic (exact) mass is 271 g/mol. The summed E-state index contributed by atoms with van der Waals surface area (Å²) in [4.78, 5) is 3.96. The number of hydrogen-bond acceptors (Lipinski definition) is 5. The second kappa shape index (κ2) is 4.76. The highest BCUT2D eigenvalue weighted by atomic mass is 16.5. The van der Waals surface area contributed by atoms with Crippen LogP contribution in [0.2, 0.25) is 0 Å². The molecule has 0 unspecified atom stereocenters. The zero-order valence-corrected chi connectivity index (χ0v) is 11.4. The molecule has 2 atom stereocenters. The topological polar surface area (TPSA) is 89.2 Å². The Hall–Kier alpha value is -2.13. The minimum Gasteiger partial charge on any atom is -0.382 e. The number of ether oxygens (including phenoxy) is 1. The van der Waals surface area contributed by atoms with Crippen LogP contribution in [0.4, 0.5) is 5.82 Å². The van der Waals surface area contributed by atoms with Gasteiger partial charge in [0.25, 0.3) is 0 Å². The van der Waals surface area contributed by atoms with Gasteiger partial charge in [0.2, 0.25) is 0 Å². The Morgan fingerprint density at radius 3 is 3.20 bits per heavy atom. The van der Waals surface area contributed by atoms with Crippen molar-refractivity contribution >= 4 is 11.3 Å². The summed E-state index contributed by atoms with van der Waals surface area (Å²) in [7, 11) is 0. The summed E-state index contributed by atoms with van der Waals surface area (Å²) in [6.07, 6.45) is 5.15. The maximum absolute atomic E-state index is 9.64. The molecule has 6 nitrogen and oxygen atoms in total. The van der Waals surface area contributed by atoms with Gasteiger partial charge in [-0.2, -0.15) is 10.4 Å². The van der Waals surface area contributed by atoms with E-state index in [4.69, 9.17) is 10.5 Å². The smallest absolute Gasteiger partial charge is 0.196 e. The maximum atomic E-state index is 9.64. The molecule has 0 amide bonds. The van der Waals surface area contributed by atoms with E-state index in [9.17, 15) is 5.26 Å². The predicted molar refractivity (Wildman–Crippen MR) is 73.7 cm³/mol. The molecular formula is C14H17N5O. The minimum absolute atomic E-state index is 0.143. The number of nitrogen functional groups attached to an aromatic ring is 1. The normalized spacial score (nSPS) is 25.9. The van der Waals surface area contributed by atoms with E-state index in [0.29, 0.717) is 17.8 Å². The number of fused-ring (bicyclic) bond motifs is 1. The van der Waals surface area contributed by atoms with Gasteiger partial charge in [0, 0.05) is 0 Å². The van der Waals surface area contributed by atoms with Gasteiger partial charge in [-0.1, -0.05) is 13.3 Å². The number of rotatable bonds is 3. The molecule has 3 heterocycles. The zero-order valence-electron chi connectivity index (χ0n) is 11.4. The van der Waals surface area contributed by atoms with Crippen LogP contribution < -0.4 is 5.73 Å². The van der Waals surface area contributed by atoms with Gasteiger partial charge in [0.15, 0.2) is 11.4 Å². The number of nitriles is 1. The van der Waals surface area contributed by atoms with Crippen LogP contribution in [0.1, 0.15) is 38.3 Å². The molecule has 0 aromatic carbocycles. The molecule has 0 bridgehead atoms. The van der Waals surface area contributed by atoms with Crippen molar-refractivity contribution in [2.24, 2.45) is 0 Å². The van der Waals surface area contributed by atoms with Crippen LogP contribution in [0, 0.1) is 11.3 Å². The van der Waals surface area contributed by atoms with Crippen LogP contribution in [0.3, 0.4) is 0 Å². The number of anilines is 1. The van der Waals surface area contributed by atoms with Crippen molar-refractivity contribution in [2.45, 2.75) is 44.3 Å². The lowest BCUT2D eigenvalue weighted by Crippen LogP contribution is -2.27. The van der Waals surface area contributed by atoms with Gasteiger partial charge in [-0.3, -0.25) is 0 Å². The Bertz CT molecular complexity index is 674. The molecule has 20 heavy (non-hydrogen) atoms. The molecule has 0 saturated carbocycles. The van der Waals surface area contributed by atoms with E-state index in [-0.39, 0.29) is 6.10 Å². The van der Waals surface area contributed by atoms with E-state index in [1.54, 1.807) is 4.52 Å². The zero-order chi connectivity index (χ0) is 14.2. The summed E-state index contributed by atoms with van der Waals surface area (Å²) in [6, 6.07) is 6.03. The van der Waals surface area contributed by atoms with Gasteiger partial charge in [-0.25, -0.2) is 9.50 Å². The lowest BCUT2D eigenvalue weighted by Gasteiger charge is -2.21. The third-order valence-corrected chi connectivity index (χ3v) is 3.87. The largest absolute Gasteiger partial charge is 0.382 e. The van der Waals surface area contributed by atoms with Gasteiger partial charge >= 0.3 is 0 Å². The second-order valence-electron chi connectivity index (χ2n) is 5.17. The molecular weight excluding hydrogens is 254 g/mol. The Morgan fingerprint density at radius 2 is 2.45 bits per heavy atom. The SMILES string of the molecule is CCC[C@@H]1CC[C@](C#N)(c2ccc3c(N)ncnn23)O1. The molecule has 6 heteroatoms. The maximum Gasteiger partial charge on any atom is 0.196 e. The van der Waals surface area contributed by atoms with Crippen LogP contribution in [0.5, 0.6) is 0 Å². The Kier molecular flexibility index (Phi) is 3.07. The van der Waals surface area contributed by atoms with Crippen LogP contribution in [0.15, 0.2) is 18.5 Å². The summed E-state index contributed by atoms with van der Waals surface area (Å²) in [5.74, 6) is 0.405. The minimum atomic E-state index is -0.924. The Labute approximate surface area is 117 Å². The highest BCUT2D eigenvalue weighted by Gasteiger charge is 2.44. The van der Waals surface area contributed by atoms with E-state index in [1.165, 1.54) is 6.33 Å². The van der Waals surface area contributed by atoms with Crippen molar-refractivity contribution < 1.29 is 4.74 Å². The molecule has 2 aromatic rings. The summed E-state index contributed by atoms with van der Waals surface area (Å²) < 4.78 is 7.71. The van der Waals surface area contributed by atoms with Crippen molar-refractivity contribution in [3.63, 3.8) is 0 Å². The van der Waals surface area contributed by atoms with Crippen LogP contribution in [-0.4, -0.2) is 20.7 Å². The van der Waals surface area contributed by atoms with Gasteiger partial charge in [-0.15, -0.1) is 0 Å². The van der Waals surface area contributed by atoms with Crippen molar-refractivity contribution in [3.8, 4) is 6.07 Å². The number of aromatic nitrogens is 3. The summed E-state index contributed by atoms with van der Waals surface area (Å²) >= 11 is 0. The molecule has 3 rings (SSSR count). The molecule has 104 valence electrons. The molecule has 1 aliphatic rings. The molecule has 1 saturated heterocycles. The predicted octanol–water partition coefficient (Wildman–Crippen LogP) is 2.01. The van der Waals surface area contributed by atoms with E-state index >= 15 is 0 Å².